The third kappa shape index (κ3) is 4.97. The smallest absolute Gasteiger partial charge is 0.244 e. The van der Waals surface area contributed by atoms with E-state index in [1.807, 2.05) is 50.2 Å². The molecule has 1 amide bonds. The molecule has 0 atom stereocenters. The molecule has 1 heterocycles. The molecule has 0 aliphatic carbocycles. The first-order chi connectivity index (χ1) is 11.9. The van der Waals surface area contributed by atoms with E-state index in [-0.39, 0.29) is 18.3 Å². The van der Waals surface area contributed by atoms with E-state index in [4.69, 9.17) is 15.2 Å². The largest absolute Gasteiger partial charge is 0.457 e. The fourth-order valence-corrected chi connectivity index (χ4v) is 2.95. The molecule has 0 spiro atoms. The molecular weight excluding hydrogens is 352 g/mol. The zero-order chi connectivity index (χ0) is 17.9. The first-order valence-corrected chi connectivity index (χ1v) is 8.49. The lowest BCUT2D eigenvalue weighted by molar-refractivity contribution is -0.124. The molecule has 0 aromatic heterocycles. The molecule has 5 nitrogen and oxygen atoms in total. The second kappa shape index (κ2) is 8.54. The van der Waals surface area contributed by atoms with E-state index < -0.39 is 5.54 Å². The molecule has 1 aliphatic rings. The SMILES string of the molecule is Cc1cc(C)cc(Oc2ccc(NC(=O)C3(N)CCOCC3)cc2)c1.Cl. The number of hydrogen-bond acceptors (Lipinski definition) is 4. The number of ether oxygens (including phenoxy) is 2. The van der Waals surface area contributed by atoms with Crippen molar-refractivity contribution in [1.82, 2.24) is 0 Å². The highest BCUT2D eigenvalue weighted by Crippen LogP contribution is 2.26. The average Bonchev–Trinajstić information content (AvgIpc) is 2.56. The molecule has 0 saturated carbocycles. The minimum Gasteiger partial charge on any atom is -0.457 e. The van der Waals surface area contributed by atoms with Gasteiger partial charge >= 0.3 is 0 Å². The van der Waals surface area contributed by atoms with Gasteiger partial charge in [0.2, 0.25) is 5.91 Å². The maximum Gasteiger partial charge on any atom is 0.244 e. The van der Waals surface area contributed by atoms with Crippen LogP contribution in [0.4, 0.5) is 5.69 Å². The monoisotopic (exact) mass is 376 g/mol. The first-order valence-electron chi connectivity index (χ1n) is 8.49. The van der Waals surface area contributed by atoms with Crippen molar-refractivity contribution in [3.63, 3.8) is 0 Å². The summed E-state index contributed by atoms with van der Waals surface area (Å²) in [6.45, 7) is 5.12. The van der Waals surface area contributed by atoms with Crippen molar-refractivity contribution in [2.24, 2.45) is 5.73 Å². The predicted octanol–water partition coefficient (Wildman–Crippen LogP) is 3.96. The zero-order valence-electron chi connectivity index (χ0n) is 15.1. The first kappa shape index (κ1) is 20.2. The predicted molar refractivity (Wildman–Crippen MR) is 105 cm³/mol. The van der Waals surface area contributed by atoms with Gasteiger partial charge in [0.05, 0.1) is 0 Å². The summed E-state index contributed by atoms with van der Waals surface area (Å²) in [5.41, 5.74) is 8.35. The van der Waals surface area contributed by atoms with Gasteiger partial charge in [-0.15, -0.1) is 12.4 Å². The summed E-state index contributed by atoms with van der Waals surface area (Å²) in [4.78, 5) is 12.4. The van der Waals surface area contributed by atoms with Crippen LogP contribution in [-0.2, 0) is 9.53 Å². The highest BCUT2D eigenvalue weighted by molar-refractivity contribution is 5.98. The number of amides is 1. The normalized spacial score (nSPS) is 15.7. The third-order valence-corrected chi connectivity index (χ3v) is 4.38. The number of anilines is 1. The quantitative estimate of drug-likeness (QED) is 0.846. The van der Waals surface area contributed by atoms with Gasteiger partial charge in [0, 0.05) is 18.9 Å². The van der Waals surface area contributed by atoms with E-state index in [0.29, 0.717) is 31.7 Å². The number of hydrogen-bond donors (Lipinski definition) is 2. The van der Waals surface area contributed by atoms with Gasteiger partial charge in [-0.3, -0.25) is 4.79 Å². The molecule has 0 unspecified atom stereocenters. The number of carbonyl (C=O) groups is 1. The Bertz CT molecular complexity index is 736. The second-order valence-electron chi connectivity index (χ2n) is 6.67. The standard InChI is InChI=1S/C20H24N2O3.ClH/c1-14-11-15(2)13-18(12-14)25-17-5-3-16(4-6-17)22-19(23)20(21)7-9-24-10-8-20;/h3-6,11-13H,7-10,21H2,1-2H3,(H,22,23);1H. The second-order valence-corrected chi connectivity index (χ2v) is 6.67. The fraction of sp³-hybridized carbons (Fsp3) is 0.350. The van der Waals surface area contributed by atoms with Gasteiger partial charge in [0.15, 0.2) is 0 Å². The van der Waals surface area contributed by atoms with E-state index in [1.165, 1.54) is 0 Å². The van der Waals surface area contributed by atoms with Crippen LogP contribution >= 0.6 is 12.4 Å². The fourth-order valence-electron chi connectivity index (χ4n) is 2.95. The van der Waals surface area contributed by atoms with Gasteiger partial charge in [-0.1, -0.05) is 6.07 Å². The van der Waals surface area contributed by atoms with E-state index in [9.17, 15) is 4.79 Å². The van der Waals surface area contributed by atoms with Crippen molar-refractivity contribution in [3.05, 3.63) is 53.6 Å². The maximum absolute atomic E-state index is 12.4. The summed E-state index contributed by atoms with van der Waals surface area (Å²) in [5, 5.41) is 2.89. The maximum atomic E-state index is 12.4. The molecular formula is C20H25ClN2O3. The molecule has 3 N–H and O–H groups in total. The Morgan fingerprint density at radius 1 is 1.04 bits per heavy atom. The lowest BCUT2D eigenvalue weighted by Crippen LogP contribution is -2.54. The zero-order valence-corrected chi connectivity index (χ0v) is 15.9. The van der Waals surface area contributed by atoms with Gasteiger partial charge in [-0.2, -0.15) is 0 Å². The van der Waals surface area contributed by atoms with Crippen LogP contribution in [0.2, 0.25) is 0 Å². The molecule has 0 radical (unpaired) electrons. The summed E-state index contributed by atoms with van der Waals surface area (Å²) in [6.07, 6.45) is 1.07. The van der Waals surface area contributed by atoms with Gasteiger partial charge in [0.1, 0.15) is 17.0 Å². The van der Waals surface area contributed by atoms with E-state index in [2.05, 4.69) is 11.4 Å². The average molecular weight is 377 g/mol. The lowest BCUT2D eigenvalue weighted by Gasteiger charge is -2.31. The van der Waals surface area contributed by atoms with Crippen molar-refractivity contribution in [1.29, 1.82) is 0 Å². The topological polar surface area (TPSA) is 73.6 Å². The number of nitrogens with one attached hydrogen (secondary N) is 1. The Balaban J connectivity index is 0.00000243. The number of halogens is 1. The highest BCUT2D eigenvalue weighted by atomic mass is 35.5. The van der Waals surface area contributed by atoms with Gasteiger partial charge in [0.25, 0.3) is 0 Å². The Kier molecular flexibility index (Phi) is 6.64. The van der Waals surface area contributed by atoms with Crippen molar-refractivity contribution >= 4 is 24.0 Å². The number of benzene rings is 2. The molecule has 140 valence electrons. The minimum absolute atomic E-state index is 0. The number of nitrogens with two attached hydrogens (primary N) is 1. The Morgan fingerprint density at radius 3 is 2.19 bits per heavy atom. The van der Waals surface area contributed by atoms with E-state index in [0.717, 1.165) is 22.6 Å². The van der Waals surface area contributed by atoms with Crippen molar-refractivity contribution in [2.45, 2.75) is 32.2 Å². The molecule has 1 aliphatic heterocycles. The molecule has 1 saturated heterocycles. The number of carbonyl (C=O) groups excluding carboxylic acids is 1. The van der Waals surface area contributed by atoms with Gasteiger partial charge in [-0.05, 0) is 74.2 Å². The van der Waals surface area contributed by atoms with Crippen LogP contribution in [0.25, 0.3) is 0 Å². The van der Waals surface area contributed by atoms with Crippen molar-refractivity contribution < 1.29 is 14.3 Å². The summed E-state index contributed by atoms with van der Waals surface area (Å²) >= 11 is 0. The molecule has 0 bridgehead atoms. The number of aryl methyl sites for hydroxylation is 2. The molecule has 6 heteroatoms. The summed E-state index contributed by atoms with van der Waals surface area (Å²) in [6, 6.07) is 13.4. The Morgan fingerprint density at radius 2 is 1.62 bits per heavy atom. The van der Waals surface area contributed by atoms with Crippen LogP contribution < -0.4 is 15.8 Å². The molecule has 2 aromatic rings. The van der Waals surface area contributed by atoms with Crippen LogP contribution in [0.1, 0.15) is 24.0 Å². The molecule has 26 heavy (non-hydrogen) atoms. The molecule has 3 rings (SSSR count). The summed E-state index contributed by atoms with van der Waals surface area (Å²) in [5.74, 6) is 1.35. The lowest BCUT2D eigenvalue weighted by atomic mass is 9.90. The third-order valence-electron chi connectivity index (χ3n) is 4.38. The van der Waals surface area contributed by atoms with Crippen LogP contribution in [0.15, 0.2) is 42.5 Å². The van der Waals surface area contributed by atoms with E-state index >= 15 is 0 Å². The number of rotatable bonds is 4. The van der Waals surface area contributed by atoms with Crippen LogP contribution in [0.3, 0.4) is 0 Å². The minimum atomic E-state index is -0.855. The van der Waals surface area contributed by atoms with Crippen molar-refractivity contribution in [2.75, 3.05) is 18.5 Å². The van der Waals surface area contributed by atoms with E-state index in [1.54, 1.807) is 0 Å². The molecule has 2 aromatic carbocycles. The summed E-state index contributed by atoms with van der Waals surface area (Å²) < 4.78 is 11.2. The van der Waals surface area contributed by atoms with Crippen LogP contribution in [-0.4, -0.2) is 24.7 Å². The molecule has 1 fully saturated rings. The van der Waals surface area contributed by atoms with Gasteiger partial charge < -0.3 is 20.5 Å². The Labute approximate surface area is 160 Å². The Hall–Kier alpha value is -2.08. The summed E-state index contributed by atoms with van der Waals surface area (Å²) in [7, 11) is 0. The van der Waals surface area contributed by atoms with Crippen molar-refractivity contribution in [3.8, 4) is 11.5 Å². The van der Waals surface area contributed by atoms with Gasteiger partial charge in [-0.25, -0.2) is 0 Å². The van der Waals surface area contributed by atoms with Crippen LogP contribution in [0.5, 0.6) is 11.5 Å². The van der Waals surface area contributed by atoms with Crippen LogP contribution in [0, 0.1) is 13.8 Å². The highest BCUT2D eigenvalue weighted by Gasteiger charge is 2.35.